The molecule has 2 atom stereocenters. The third-order valence-electron chi connectivity index (χ3n) is 3.02. The molecule has 0 spiro atoms. The van der Waals surface area contributed by atoms with Crippen LogP contribution in [0.3, 0.4) is 0 Å². The predicted octanol–water partition coefficient (Wildman–Crippen LogP) is 2.67. The van der Waals surface area contributed by atoms with E-state index in [0.717, 1.165) is 30.0 Å². The maximum Gasteiger partial charge on any atom is 0.203 e. The van der Waals surface area contributed by atoms with E-state index in [9.17, 15) is 0 Å². The van der Waals surface area contributed by atoms with Gasteiger partial charge in [-0.2, -0.15) is 0 Å². The summed E-state index contributed by atoms with van der Waals surface area (Å²) in [5.74, 6) is 2.80. The van der Waals surface area contributed by atoms with Crippen LogP contribution < -0.4 is 5.32 Å². The second-order valence-corrected chi connectivity index (χ2v) is 5.13. The van der Waals surface area contributed by atoms with E-state index in [1.54, 1.807) is 0 Å². The third kappa shape index (κ3) is 2.52. The summed E-state index contributed by atoms with van der Waals surface area (Å²) in [6.07, 6.45) is 3.52. The minimum absolute atomic E-state index is 0.446. The minimum Gasteiger partial charge on any atom is -0.353 e. The van der Waals surface area contributed by atoms with Crippen molar-refractivity contribution in [3.8, 4) is 0 Å². The van der Waals surface area contributed by atoms with Crippen molar-refractivity contribution < 1.29 is 0 Å². The van der Waals surface area contributed by atoms with E-state index in [1.165, 1.54) is 6.42 Å². The molecular formula is C12H21N3. The molecule has 1 heterocycles. The Balaban J connectivity index is 2.07. The molecule has 1 aliphatic carbocycles. The lowest BCUT2D eigenvalue weighted by Crippen LogP contribution is -2.15. The smallest absolute Gasteiger partial charge is 0.203 e. The predicted molar refractivity (Wildman–Crippen MR) is 63.0 cm³/mol. The molecular weight excluding hydrogens is 186 g/mol. The summed E-state index contributed by atoms with van der Waals surface area (Å²) in [7, 11) is 0. The number of anilines is 1. The molecule has 84 valence electrons. The van der Waals surface area contributed by atoms with Crippen molar-refractivity contribution >= 4 is 5.95 Å². The molecule has 0 aliphatic heterocycles. The molecule has 2 unspecified atom stereocenters. The maximum atomic E-state index is 4.51. The van der Waals surface area contributed by atoms with Gasteiger partial charge in [-0.15, -0.1) is 0 Å². The quantitative estimate of drug-likeness (QED) is 0.822. The molecule has 1 fully saturated rings. The van der Waals surface area contributed by atoms with Gasteiger partial charge in [-0.05, 0) is 39.0 Å². The van der Waals surface area contributed by atoms with E-state index in [4.69, 9.17) is 0 Å². The normalized spacial score (nSPS) is 24.6. The van der Waals surface area contributed by atoms with Crippen LogP contribution in [0.1, 0.15) is 32.9 Å². The van der Waals surface area contributed by atoms with Crippen LogP contribution in [0.2, 0.25) is 0 Å². The molecule has 0 radical (unpaired) electrons. The molecule has 15 heavy (non-hydrogen) atoms. The van der Waals surface area contributed by atoms with E-state index in [2.05, 4.69) is 48.8 Å². The summed E-state index contributed by atoms with van der Waals surface area (Å²) in [6.45, 7) is 9.79. The Morgan fingerprint density at radius 2 is 2.27 bits per heavy atom. The van der Waals surface area contributed by atoms with Crippen molar-refractivity contribution in [3.05, 3.63) is 11.9 Å². The number of imidazole rings is 1. The van der Waals surface area contributed by atoms with Gasteiger partial charge in [0, 0.05) is 18.8 Å². The van der Waals surface area contributed by atoms with Crippen LogP contribution in [0.25, 0.3) is 0 Å². The summed E-state index contributed by atoms with van der Waals surface area (Å²) in [6, 6.07) is 0.446. The number of hydrogen-bond donors (Lipinski definition) is 1. The lowest BCUT2D eigenvalue weighted by molar-refractivity contribution is 0.594. The molecule has 1 aromatic rings. The van der Waals surface area contributed by atoms with Gasteiger partial charge in [-0.3, -0.25) is 0 Å². The van der Waals surface area contributed by atoms with Crippen molar-refractivity contribution in [3.63, 3.8) is 0 Å². The lowest BCUT2D eigenvalue weighted by Gasteiger charge is -2.11. The average Bonchev–Trinajstić information content (AvgIpc) is 2.67. The summed E-state index contributed by atoms with van der Waals surface area (Å²) in [5, 5.41) is 3.39. The first kappa shape index (κ1) is 10.5. The molecule has 1 N–H and O–H groups in total. The summed E-state index contributed by atoms with van der Waals surface area (Å²) in [5.41, 5.74) is 1.10. The second kappa shape index (κ2) is 3.87. The van der Waals surface area contributed by atoms with E-state index in [1.807, 2.05) is 0 Å². The van der Waals surface area contributed by atoms with E-state index >= 15 is 0 Å². The van der Waals surface area contributed by atoms with E-state index in [0.29, 0.717) is 6.04 Å². The van der Waals surface area contributed by atoms with Gasteiger partial charge in [0.2, 0.25) is 5.95 Å². The summed E-state index contributed by atoms with van der Waals surface area (Å²) < 4.78 is 2.27. The van der Waals surface area contributed by atoms with Crippen molar-refractivity contribution in [2.75, 3.05) is 5.32 Å². The topological polar surface area (TPSA) is 29.9 Å². The molecule has 1 aliphatic rings. The fourth-order valence-corrected chi connectivity index (χ4v) is 1.97. The number of aryl methyl sites for hydroxylation is 1. The molecule has 0 amide bonds. The minimum atomic E-state index is 0.446. The van der Waals surface area contributed by atoms with Crippen LogP contribution in [0.5, 0.6) is 0 Å². The van der Waals surface area contributed by atoms with Crippen LogP contribution in [-0.4, -0.2) is 15.6 Å². The molecule has 2 rings (SSSR count). The Morgan fingerprint density at radius 1 is 1.60 bits per heavy atom. The van der Waals surface area contributed by atoms with Gasteiger partial charge in [0.15, 0.2) is 0 Å². The number of hydrogen-bond acceptors (Lipinski definition) is 2. The van der Waals surface area contributed by atoms with Gasteiger partial charge >= 0.3 is 0 Å². The summed E-state index contributed by atoms with van der Waals surface area (Å²) >= 11 is 0. The first-order chi connectivity index (χ1) is 7.06. The zero-order valence-corrected chi connectivity index (χ0v) is 10.1. The van der Waals surface area contributed by atoms with Crippen LogP contribution in [0.15, 0.2) is 6.20 Å². The first-order valence-electron chi connectivity index (χ1n) is 5.86. The van der Waals surface area contributed by atoms with Crippen LogP contribution in [0.4, 0.5) is 5.95 Å². The second-order valence-electron chi connectivity index (χ2n) is 5.13. The van der Waals surface area contributed by atoms with Crippen molar-refractivity contribution in [1.82, 2.24) is 9.55 Å². The van der Waals surface area contributed by atoms with Crippen LogP contribution >= 0.6 is 0 Å². The Kier molecular flexibility index (Phi) is 2.72. The number of rotatable bonds is 4. The molecule has 1 saturated carbocycles. The maximum absolute atomic E-state index is 4.51. The number of aromatic nitrogens is 2. The molecule has 0 bridgehead atoms. The Bertz CT molecular complexity index is 341. The van der Waals surface area contributed by atoms with E-state index in [-0.39, 0.29) is 0 Å². The SMILES string of the molecule is Cc1cn(CC2CC2C)c(NC(C)C)n1. The zero-order chi connectivity index (χ0) is 11.0. The highest BCUT2D eigenvalue weighted by Gasteiger charge is 2.33. The molecule has 0 saturated heterocycles. The monoisotopic (exact) mass is 207 g/mol. The fourth-order valence-electron chi connectivity index (χ4n) is 1.97. The Morgan fingerprint density at radius 3 is 2.80 bits per heavy atom. The van der Waals surface area contributed by atoms with Crippen LogP contribution in [-0.2, 0) is 6.54 Å². The van der Waals surface area contributed by atoms with E-state index < -0.39 is 0 Å². The highest BCUT2D eigenvalue weighted by molar-refractivity contribution is 5.29. The third-order valence-corrected chi connectivity index (χ3v) is 3.02. The highest BCUT2D eigenvalue weighted by Crippen LogP contribution is 2.39. The van der Waals surface area contributed by atoms with Gasteiger partial charge in [0.25, 0.3) is 0 Å². The van der Waals surface area contributed by atoms with Gasteiger partial charge in [-0.1, -0.05) is 6.92 Å². The number of nitrogens with zero attached hydrogens (tertiary/aromatic N) is 2. The van der Waals surface area contributed by atoms with Crippen molar-refractivity contribution in [1.29, 1.82) is 0 Å². The zero-order valence-electron chi connectivity index (χ0n) is 10.1. The molecule has 3 nitrogen and oxygen atoms in total. The van der Waals surface area contributed by atoms with Gasteiger partial charge < -0.3 is 9.88 Å². The number of nitrogens with one attached hydrogen (secondary N) is 1. The van der Waals surface area contributed by atoms with Crippen LogP contribution in [0, 0.1) is 18.8 Å². The molecule has 0 aromatic carbocycles. The fraction of sp³-hybridized carbons (Fsp3) is 0.750. The lowest BCUT2D eigenvalue weighted by atomic mass is 10.3. The highest BCUT2D eigenvalue weighted by atomic mass is 15.2. The van der Waals surface area contributed by atoms with Gasteiger partial charge in [0.1, 0.15) is 0 Å². The van der Waals surface area contributed by atoms with Gasteiger partial charge in [0.05, 0.1) is 5.69 Å². The molecule has 3 heteroatoms. The van der Waals surface area contributed by atoms with Crippen molar-refractivity contribution in [2.45, 2.75) is 46.7 Å². The first-order valence-corrected chi connectivity index (χ1v) is 5.86. The van der Waals surface area contributed by atoms with Gasteiger partial charge in [-0.25, -0.2) is 4.98 Å². The Labute approximate surface area is 91.9 Å². The average molecular weight is 207 g/mol. The summed E-state index contributed by atoms with van der Waals surface area (Å²) in [4.78, 5) is 4.51. The molecule has 1 aromatic heterocycles. The Hall–Kier alpha value is -0.990. The van der Waals surface area contributed by atoms with Crippen molar-refractivity contribution in [2.24, 2.45) is 11.8 Å². The standard InChI is InChI=1S/C12H21N3/c1-8(2)13-12-14-10(4)6-15(12)7-11-5-9(11)3/h6,8-9,11H,5,7H2,1-4H3,(H,13,14). The largest absolute Gasteiger partial charge is 0.353 e.